The highest BCUT2D eigenvalue weighted by Crippen LogP contribution is 2.44. The lowest BCUT2D eigenvalue weighted by molar-refractivity contribution is -0.144. The van der Waals surface area contributed by atoms with Crippen molar-refractivity contribution in [3.8, 4) is 17.0 Å². The number of carboxylic acid groups (broad SMARTS) is 1. The Morgan fingerprint density at radius 3 is 2.53 bits per heavy atom. The van der Waals surface area contributed by atoms with Gasteiger partial charge in [0.15, 0.2) is 5.13 Å². The van der Waals surface area contributed by atoms with Crippen molar-refractivity contribution in [2.75, 3.05) is 25.0 Å². The van der Waals surface area contributed by atoms with Crippen LogP contribution in [-0.2, 0) is 25.0 Å². The largest absolute Gasteiger partial charge is 0.488 e. The van der Waals surface area contributed by atoms with Crippen LogP contribution < -0.4 is 9.64 Å². The van der Waals surface area contributed by atoms with Crippen molar-refractivity contribution in [1.82, 2.24) is 19.7 Å². The average Bonchev–Trinajstić information content (AvgIpc) is 3.70. The summed E-state index contributed by atoms with van der Waals surface area (Å²) < 4.78 is 8.09. The van der Waals surface area contributed by atoms with Crippen molar-refractivity contribution in [1.29, 1.82) is 0 Å². The number of amides is 1. The Hall–Kier alpha value is -4.18. The molecule has 9 nitrogen and oxygen atoms in total. The maximum atomic E-state index is 13.1. The van der Waals surface area contributed by atoms with E-state index in [1.54, 1.807) is 28.0 Å². The molecule has 2 aromatic carbocycles. The zero-order chi connectivity index (χ0) is 30.2. The third-order valence-corrected chi connectivity index (χ3v) is 9.68. The molecule has 1 saturated heterocycles. The Bertz CT molecular complexity index is 1650. The van der Waals surface area contributed by atoms with Gasteiger partial charge in [0.05, 0.1) is 23.9 Å². The Morgan fingerprint density at radius 2 is 1.86 bits per heavy atom. The first kappa shape index (κ1) is 28.9. The smallest absolute Gasteiger partial charge is 0.307 e. The van der Waals surface area contributed by atoms with Crippen LogP contribution in [0.25, 0.3) is 11.3 Å². The van der Waals surface area contributed by atoms with E-state index in [9.17, 15) is 14.7 Å². The minimum absolute atomic E-state index is 0.0541. The van der Waals surface area contributed by atoms with Crippen LogP contribution in [-0.4, -0.2) is 56.8 Å². The molecule has 1 amide bonds. The number of ether oxygens (including phenoxy) is 1. The Balaban J connectivity index is 1.14. The molecule has 4 aromatic rings. The van der Waals surface area contributed by atoms with Crippen LogP contribution in [0.15, 0.2) is 54.0 Å². The summed E-state index contributed by atoms with van der Waals surface area (Å²) in [6.45, 7) is 6.35. The Labute approximate surface area is 255 Å². The van der Waals surface area contributed by atoms with E-state index in [1.165, 1.54) is 0 Å². The molecule has 0 radical (unpaired) electrons. The number of carbonyl (C=O) groups is 2. The maximum Gasteiger partial charge on any atom is 0.307 e. The third-order valence-electron chi connectivity index (χ3n) is 8.78. The second-order valence-corrected chi connectivity index (χ2v) is 12.8. The van der Waals surface area contributed by atoms with Gasteiger partial charge in [-0.2, -0.15) is 5.10 Å². The molecule has 3 heterocycles. The van der Waals surface area contributed by atoms with Gasteiger partial charge < -0.3 is 19.6 Å². The van der Waals surface area contributed by atoms with E-state index in [4.69, 9.17) is 9.72 Å². The van der Waals surface area contributed by atoms with Gasteiger partial charge in [-0.1, -0.05) is 17.7 Å². The molecule has 2 aromatic heterocycles. The predicted molar refractivity (Wildman–Crippen MR) is 166 cm³/mol. The van der Waals surface area contributed by atoms with Crippen molar-refractivity contribution in [3.63, 3.8) is 0 Å². The van der Waals surface area contributed by atoms with Crippen molar-refractivity contribution in [2.24, 2.45) is 24.8 Å². The maximum absolute atomic E-state index is 13.1. The number of thiazole rings is 1. The number of aromatic nitrogens is 3. The number of hydrogen-bond donors (Lipinski definition) is 1. The van der Waals surface area contributed by atoms with E-state index in [1.807, 2.05) is 56.6 Å². The van der Waals surface area contributed by atoms with Gasteiger partial charge in [-0.3, -0.25) is 14.3 Å². The highest BCUT2D eigenvalue weighted by atomic mass is 32.1. The summed E-state index contributed by atoms with van der Waals surface area (Å²) >= 11 is 1.60. The summed E-state index contributed by atoms with van der Waals surface area (Å²) in [4.78, 5) is 33.8. The van der Waals surface area contributed by atoms with Crippen molar-refractivity contribution >= 4 is 28.3 Å². The molecule has 1 aliphatic heterocycles. The van der Waals surface area contributed by atoms with Gasteiger partial charge in [-0.25, -0.2) is 4.98 Å². The molecular weight excluding hydrogens is 562 g/mol. The molecule has 1 N–H and O–H groups in total. The number of piperidine rings is 1. The minimum Gasteiger partial charge on any atom is -0.488 e. The van der Waals surface area contributed by atoms with Crippen LogP contribution in [0.3, 0.4) is 0 Å². The van der Waals surface area contributed by atoms with Crippen molar-refractivity contribution < 1.29 is 19.4 Å². The second kappa shape index (κ2) is 11.8. The fourth-order valence-corrected chi connectivity index (χ4v) is 7.36. The summed E-state index contributed by atoms with van der Waals surface area (Å²) in [6.07, 6.45) is 3.82. The fourth-order valence-electron chi connectivity index (χ4n) is 6.51. The normalized spacial score (nSPS) is 19.4. The van der Waals surface area contributed by atoms with Crippen LogP contribution >= 0.6 is 11.3 Å². The van der Waals surface area contributed by atoms with Crippen LogP contribution in [0, 0.1) is 31.6 Å². The molecule has 0 spiro atoms. The van der Waals surface area contributed by atoms with E-state index < -0.39 is 5.97 Å². The first-order chi connectivity index (χ1) is 20.7. The molecule has 3 atom stereocenters. The van der Waals surface area contributed by atoms with E-state index in [0.717, 1.165) is 70.5 Å². The SMILES string of the molecule is Cc1ccc(OCc2ccc(C(=O)N(C)Cc3ccn(C)n3)cc2C)c(-c2csc(N3CC4CC[C@@H](C3)[C@H]4C(=O)O)n2)c1. The van der Waals surface area contributed by atoms with Crippen LogP contribution in [0.2, 0.25) is 0 Å². The molecule has 2 fully saturated rings. The fraction of sp³-hybridized carbons (Fsp3) is 0.394. The van der Waals surface area contributed by atoms with Gasteiger partial charge in [-0.15, -0.1) is 11.3 Å². The first-order valence-corrected chi connectivity index (χ1v) is 15.5. The number of fused-ring (bicyclic) bond motifs is 2. The van der Waals surface area contributed by atoms with Crippen molar-refractivity contribution in [3.05, 3.63) is 82.0 Å². The zero-order valence-corrected chi connectivity index (χ0v) is 25.8. The number of nitrogens with zero attached hydrogens (tertiary/aromatic N) is 5. The lowest BCUT2D eigenvalue weighted by atomic mass is 9.85. The topological polar surface area (TPSA) is 101 Å². The summed E-state index contributed by atoms with van der Waals surface area (Å²) in [5, 5.41) is 17.1. The molecule has 6 rings (SSSR count). The van der Waals surface area contributed by atoms with E-state index in [0.29, 0.717) is 18.7 Å². The molecule has 2 bridgehead atoms. The third kappa shape index (κ3) is 6.01. The monoisotopic (exact) mass is 599 g/mol. The second-order valence-electron chi connectivity index (χ2n) is 12.0. The quantitative estimate of drug-likeness (QED) is 0.269. The number of aryl methyl sites for hydroxylation is 3. The van der Waals surface area contributed by atoms with Gasteiger partial charge in [0.2, 0.25) is 0 Å². The van der Waals surface area contributed by atoms with E-state index >= 15 is 0 Å². The summed E-state index contributed by atoms with van der Waals surface area (Å²) in [5.41, 5.74) is 6.38. The molecule has 43 heavy (non-hydrogen) atoms. The standard InChI is InChI=1S/C33H37N5O4S/c1-20-5-10-29(27(13-20)28-19-43-33(34-28)38-15-23-7-8-24(16-38)30(23)32(40)41)42-18-25-9-6-22(14-21(25)2)31(39)36(3)17-26-11-12-37(4)35-26/h5-6,9-14,19,23-24,30H,7-8,15-18H2,1-4H3,(H,40,41)/t23-,24?,30+/m0/s1. The van der Waals surface area contributed by atoms with E-state index in [-0.39, 0.29) is 23.7 Å². The summed E-state index contributed by atoms with van der Waals surface area (Å²) in [7, 11) is 3.65. The average molecular weight is 600 g/mol. The number of benzene rings is 2. The lowest BCUT2D eigenvalue weighted by Crippen LogP contribution is -2.44. The van der Waals surface area contributed by atoms with Gasteiger partial charge in [0.25, 0.3) is 5.91 Å². The highest BCUT2D eigenvalue weighted by molar-refractivity contribution is 7.14. The number of anilines is 1. The number of carbonyl (C=O) groups excluding carboxylic acids is 1. The lowest BCUT2D eigenvalue weighted by Gasteiger charge is -2.35. The van der Waals surface area contributed by atoms with Crippen LogP contribution in [0.4, 0.5) is 5.13 Å². The molecule has 1 saturated carbocycles. The summed E-state index contributed by atoms with van der Waals surface area (Å²) in [5.74, 6) is 0.192. The minimum atomic E-state index is -0.655. The first-order valence-electron chi connectivity index (χ1n) is 14.7. The molecule has 2 aliphatic rings. The molecule has 1 aliphatic carbocycles. The number of aliphatic carboxylic acids is 1. The predicted octanol–water partition coefficient (Wildman–Crippen LogP) is 5.56. The number of rotatable bonds is 9. The summed E-state index contributed by atoms with van der Waals surface area (Å²) in [6, 6.07) is 13.8. The zero-order valence-electron chi connectivity index (χ0n) is 25.0. The van der Waals surface area contributed by atoms with Gasteiger partial charge in [0.1, 0.15) is 12.4 Å². The molecular formula is C33H37N5O4S. The van der Waals surface area contributed by atoms with Gasteiger partial charge in [-0.05, 0) is 80.0 Å². The van der Waals surface area contributed by atoms with Crippen molar-refractivity contribution in [2.45, 2.75) is 39.8 Å². The Kier molecular flexibility index (Phi) is 7.96. The Morgan fingerprint density at radius 1 is 1.09 bits per heavy atom. The molecule has 10 heteroatoms. The highest BCUT2D eigenvalue weighted by Gasteiger charge is 2.46. The molecule has 224 valence electrons. The molecule has 1 unspecified atom stereocenters. The van der Waals surface area contributed by atoms with E-state index in [2.05, 4.69) is 28.4 Å². The van der Waals surface area contributed by atoms with Gasteiger partial charge >= 0.3 is 5.97 Å². The number of hydrogen-bond acceptors (Lipinski definition) is 7. The van der Waals surface area contributed by atoms with Crippen LogP contribution in [0.1, 0.15) is 45.6 Å². The van der Waals surface area contributed by atoms with Gasteiger partial charge in [0, 0.05) is 49.9 Å². The number of carboxylic acids is 1. The van der Waals surface area contributed by atoms with Crippen LogP contribution in [0.5, 0.6) is 5.75 Å².